The highest BCUT2D eigenvalue weighted by Gasteiger charge is 2.06. The summed E-state index contributed by atoms with van der Waals surface area (Å²) in [5, 5.41) is 3.48. The van der Waals surface area contributed by atoms with Crippen molar-refractivity contribution < 1.29 is 9.47 Å². The minimum atomic E-state index is 0.131. The Bertz CT molecular complexity index is 366. The maximum absolute atomic E-state index is 5.85. The van der Waals surface area contributed by atoms with Gasteiger partial charge in [0, 0.05) is 13.2 Å². The molecular formula is C17H29NO2. The van der Waals surface area contributed by atoms with Crippen molar-refractivity contribution in [1.82, 2.24) is 5.32 Å². The highest BCUT2D eigenvalue weighted by molar-refractivity contribution is 5.26. The number of hydrogen-bond donors (Lipinski definition) is 1. The van der Waals surface area contributed by atoms with Crippen molar-refractivity contribution in [1.29, 1.82) is 0 Å². The molecule has 0 bridgehead atoms. The highest BCUT2D eigenvalue weighted by atomic mass is 16.5. The molecular weight excluding hydrogens is 250 g/mol. The minimum Gasteiger partial charge on any atom is -0.379 e. The first-order valence-corrected chi connectivity index (χ1v) is 7.60. The summed E-state index contributed by atoms with van der Waals surface area (Å²) >= 11 is 0. The van der Waals surface area contributed by atoms with Crippen LogP contribution in [-0.2, 0) is 22.6 Å². The van der Waals surface area contributed by atoms with Crippen LogP contribution in [0.2, 0.25) is 0 Å². The predicted molar refractivity (Wildman–Crippen MR) is 83.7 cm³/mol. The molecule has 3 nitrogen and oxygen atoms in total. The van der Waals surface area contributed by atoms with E-state index in [4.69, 9.17) is 9.47 Å². The van der Waals surface area contributed by atoms with E-state index in [1.165, 1.54) is 11.1 Å². The molecule has 0 saturated heterocycles. The second-order valence-corrected chi connectivity index (χ2v) is 5.57. The molecule has 20 heavy (non-hydrogen) atoms. The second-order valence-electron chi connectivity index (χ2n) is 5.57. The molecule has 3 heteroatoms. The Hall–Kier alpha value is -0.900. The monoisotopic (exact) mass is 279 g/mol. The molecule has 1 N–H and O–H groups in total. The second kappa shape index (κ2) is 9.92. The first kappa shape index (κ1) is 17.2. The first-order valence-electron chi connectivity index (χ1n) is 7.60. The van der Waals surface area contributed by atoms with Gasteiger partial charge < -0.3 is 14.8 Å². The summed E-state index contributed by atoms with van der Waals surface area (Å²) in [5.41, 5.74) is 2.57. The molecule has 0 aliphatic heterocycles. The fourth-order valence-electron chi connectivity index (χ4n) is 1.93. The molecule has 0 radical (unpaired) electrons. The van der Waals surface area contributed by atoms with Gasteiger partial charge in [-0.3, -0.25) is 0 Å². The molecule has 1 unspecified atom stereocenters. The fourth-order valence-corrected chi connectivity index (χ4v) is 1.93. The predicted octanol–water partition coefficient (Wildman–Crippen LogP) is 3.37. The van der Waals surface area contributed by atoms with Gasteiger partial charge in [0.25, 0.3) is 0 Å². The van der Waals surface area contributed by atoms with Crippen LogP contribution in [0.1, 0.15) is 38.8 Å². The van der Waals surface area contributed by atoms with E-state index in [2.05, 4.69) is 50.4 Å². The lowest BCUT2D eigenvalue weighted by atomic mass is 10.1. The van der Waals surface area contributed by atoms with Crippen molar-refractivity contribution in [3.8, 4) is 0 Å². The van der Waals surface area contributed by atoms with Crippen molar-refractivity contribution in [2.45, 2.75) is 47.0 Å². The van der Waals surface area contributed by atoms with Gasteiger partial charge in [0.05, 0.1) is 19.3 Å². The van der Waals surface area contributed by atoms with Crippen LogP contribution in [0, 0.1) is 5.92 Å². The van der Waals surface area contributed by atoms with Crippen LogP contribution in [0.15, 0.2) is 24.3 Å². The van der Waals surface area contributed by atoms with Gasteiger partial charge in [-0.1, -0.05) is 38.1 Å². The van der Waals surface area contributed by atoms with Crippen LogP contribution >= 0.6 is 0 Å². The lowest BCUT2D eigenvalue weighted by molar-refractivity contribution is -0.0119. The summed E-state index contributed by atoms with van der Waals surface area (Å²) in [5.74, 6) is 0.671. The van der Waals surface area contributed by atoms with Gasteiger partial charge in [0.15, 0.2) is 0 Å². The average molecular weight is 279 g/mol. The normalized spacial score (nSPS) is 12.8. The Morgan fingerprint density at radius 2 is 1.80 bits per heavy atom. The van der Waals surface area contributed by atoms with Gasteiger partial charge in [-0.25, -0.2) is 0 Å². The molecule has 0 aliphatic carbocycles. The largest absolute Gasteiger partial charge is 0.379 e. The molecule has 1 aromatic rings. The van der Waals surface area contributed by atoms with Gasteiger partial charge >= 0.3 is 0 Å². The molecule has 114 valence electrons. The third-order valence-corrected chi connectivity index (χ3v) is 3.07. The Kier molecular flexibility index (Phi) is 8.51. The number of benzene rings is 1. The molecule has 0 saturated carbocycles. The third kappa shape index (κ3) is 7.04. The number of ether oxygens (including phenoxy) is 2. The molecule has 1 atom stereocenters. The standard InChI is InChI=1S/C17H29NO2/c1-5-19-12-15(4)20-13-17-9-7-6-8-16(17)11-18-10-14(2)3/h6-9,14-15,18H,5,10-13H2,1-4H3. The summed E-state index contributed by atoms with van der Waals surface area (Å²) in [7, 11) is 0. The molecule has 1 aromatic carbocycles. The molecule has 0 amide bonds. The van der Waals surface area contributed by atoms with E-state index in [9.17, 15) is 0 Å². The zero-order chi connectivity index (χ0) is 14.8. The first-order chi connectivity index (χ1) is 9.63. The molecule has 1 rings (SSSR count). The van der Waals surface area contributed by atoms with E-state index in [1.54, 1.807) is 0 Å². The maximum atomic E-state index is 5.85. The Morgan fingerprint density at radius 1 is 1.10 bits per heavy atom. The average Bonchev–Trinajstić information content (AvgIpc) is 2.43. The number of rotatable bonds is 10. The molecule has 0 spiro atoms. The van der Waals surface area contributed by atoms with Gasteiger partial charge in [0.1, 0.15) is 0 Å². The van der Waals surface area contributed by atoms with Crippen LogP contribution in [-0.4, -0.2) is 25.9 Å². The lowest BCUT2D eigenvalue weighted by Gasteiger charge is -2.16. The van der Waals surface area contributed by atoms with E-state index in [0.29, 0.717) is 19.1 Å². The van der Waals surface area contributed by atoms with Crippen LogP contribution in [0.5, 0.6) is 0 Å². The van der Waals surface area contributed by atoms with Gasteiger partial charge in [-0.2, -0.15) is 0 Å². The quantitative estimate of drug-likeness (QED) is 0.712. The highest BCUT2D eigenvalue weighted by Crippen LogP contribution is 2.11. The van der Waals surface area contributed by atoms with Crippen molar-refractivity contribution in [3.63, 3.8) is 0 Å². The van der Waals surface area contributed by atoms with E-state index in [0.717, 1.165) is 19.7 Å². The van der Waals surface area contributed by atoms with E-state index in [-0.39, 0.29) is 6.10 Å². The zero-order valence-corrected chi connectivity index (χ0v) is 13.3. The summed E-state index contributed by atoms with van der Waals surface area (Å²) in [6.07, 6.45) is 0.131. The van der Waals surface area contributed by atoms with Crippen LogP contribution in [0.3, 0.4) is 0 Å². The Labute approximate surface area is 123 Å². The lowest BCUT2D eigenvalue weighted by Crippen LogP contribution is -2.20. The van der Waals surface area contributed by atoms with Crippen molar-refractivity contribution in [2.75, 3.05) is 19.8 Å². The maximum Gasteiger partial charge on any atom is 0.0785 e. The third-order valence-electron chi connectivity index (χ3n) is 3.07. The Morgan fingerprint density at radius 3 is 2.45 bits per heavy atom. The summed E-state index contributed by atoms with van der Waals surface area (Å²) in [4.78, 5) is 0. The SMILES string of the molecule is CCOCC(C)OCc1ccccc1CNCC(C)C. The molecule has 0 fully saturated rings. The fraction of sp³-hybridized carbons (Fsp3) is 0.647. The van der Waals surface area contributed by atoms with Crippen molar-refractivity contribution >= 4 is 0 Å². The van der Waals surface area contributed by atoms with E-state index >= 15 is 0 Å². The zero-order valence-electron chi connectivity index (χ0n) is 13.3. The van der Waals surface area contributed by atoms with Crippen molar-refractivity contribution in [3.05, 3.63) is 35.4 Å². The summed E-state index contributed by atoms with van der Waals surface area (Å²) in [6.45, 7) is 12.5. The van der Waals surface area contributed by atoms with Crippen LogP contribution in [0.4, 0.5) is 0 Å². The molecule has 0 aliphatic rings. The van der Waals surface area contributed by atoms with Crippen LogP contribution in [0.25, 0.3) is 0 Å². The summed E-state index contributed by atoms with van der Waals surface area (Å²) in [6, 6.07) is 8.45. The van der Waals surface area contributed by atoms with Gasteiger partial charge in [-0.05, 0) is 37.4 Å². The molecule has 0 heterocycles. The van der Waals surface area contributed by atoms with E-state index < -0.39 is 0 Å². The number of nitrogens with one attached hydrogen (secondary N) is 1. The Balaban J connectivity index is 2.44. The smallest absolute Gasteiger partial charge is 0.0785 e. The van der Waals surface area contributed by atoms with Crippen LogP contribution < -0.4 is 5.32 Å². The van der Waals surface area contributed by atoms with E-state index in [1.807, 2.05) is 6.92 Å². The summed E-state index contributed by atoms with van der Waals surface area (Å²) < 4.78 is 11.2. The minimum absolute atomic E-state index is 0.131. The van der Waals surface area contributed by atoms with Gasteiger partial charge in [-0.15, -0.1) is 0 Å². The number of hydrogen-bond acceptors (Lipinski definition) is 3. The topological polar surface area (TPSA) is 30.5 Å². The molecule has 0 aromatic heterocycles. The van der Waals surface area contributed by atoms with Crippen molar-refractivity contribution in [2.24, 2.45) is 5.92 Å². The van der Waals surface area contributed by atoms with Gasteiger partial charge in [0.2, 0.25) is 0 Å².